The van der Waals surface area contributed by atoms with Crippen LogP contribution in [0.2, 0.25) is 0 Å². The van der Waals surface area contributed by atoms with Gasteiger partial charge in [-0.2, -0.15) is 13.2 Å². The maximum atomic E-state index is 14.4. The highest BCUT2D eigenvalue weighted by Crippen LogP contribution is 2.32. The zero-order valence-corrected chi connectivity index (χ0v) is 18.3. The molecule has 0 bridgehead atoms. The molecule has 0 radical (unpaired) electrons. The summed E-state index contributed by atoms with van der Waals surface area (Å²) in [6.07, 6.45) is 0.103. The number of carbonyl (C=O) groups is 1. The van der Waals surface area contributed by atoms with Gasteiger partial charge in [0.15, 0.2) is 0 Å². The summed E-state index contributed by atoms with van der Waals surface area (Å²) >= 11 is 0. The van der Waals surface area contributed by atoms with Gasteiger partial charge in [0.1, 0.15) is 23.6 Å². The van der Waals surface area contributed by atoms with E-state index >= 15 is 0 Å². The second-order valence-corrected chi connectivity index (χ2v) is 7.75. The first-order valence-electron chi connectivity index (χ1n) is 10.6. The molecule has 0 spiro atoms. The molecule has 3 N–H and O–H groups in total. The molecule has 36 heavy (non-hydrogen) atoms. The number of hydrogen-bond donors (Lipinski definition) is 3. The van der Waals surface area contributed by atoms with Crippen LogP contribution in [0.15, 0.2) is 79.4 Å². The lowest BCUT2D eigenvalue weighted by Gasteiger charge is -2.13. The fourth-order valence-electron chi connectivity index (χ4n) is 3.69. The largest absolute Gasteiger partial charge is 0.416 e. The molecule has 2 aromatic carbocycles. The van der Waals surface area contributed by atoms with Crippen LogP contribution in [-0.2, 0) is 6.18 Å². The number of aromatic nitrogens is 4. The number of aromatic amines is 1. The van der Waals surface area contributed by atoms with Gasteiger partial charge in [-0.15, -0.1) is 0 Å². The third-order valence-electron chi connectivity index (χ3n) is 5.29. The Morgan fingerprint density at radius 1 is 0.917 bits per heavy atom. The number of carbonyl (C=O) groups excluding carboxylic acids is 1. The number of anilines is 3. The number of fused-ring (bicyclic) bond motifs is 1. The Morgan fingerprint density at radius 3 is 2.58 bits per heavy atom. The number of benzene rings is 2. The van der Waals surface area contributed by atoms with E-state index in [0.717, 1.165) is 29.7 Å². The van der Waals surface area contributed by atoms with Crippen LogP contribution in [-0.4, -0.2) is 25.8 Å². The Kier molecular flexibility index (Phi) is 5.80. The molecule has 0 aliphatic carbocycles. The molecule has 180 valence electrons. The van der Waals surface area contributed by atoms with Crippen molar-refractivity contribution in [2.75, 3.05) is 10.6 Å². The normalized spacial score (nSPS) is 11.4. The monoisotopic (exact) mass is 492 g/mol. The highest BCUT2D eigenvalue weighted by atomic mass is 19.4. The lowest BCUT2D eigenvalue weighted by molar-refractivity contribution is -0.137. The van der Waals surface area contributed by atoms with Crippen molar-refractivity contribution in [2.45, 2.75) is 6.18 Å². The van der Waals surface area contributed by atoms with Crippen LogP contribution >= 0.6 is 0 Å². The average molecular weight is 492 g/mol. The Balaban J connectivity index is 1.43. The highest BCUT2D eigenvalue weighted by molar-refractivity contribution is 6.04. The molecule has 0 saturated carbocycles. The Bertz CT molecular complexity index is 1580. The lowest BCUT2D eigenvalue weighted by atomic mass is 10.1. The number of halogens is 4. The first-order chi connectivity index (χ1) is 17.3. The number of hydrogen-bond acceptors (Lipinski definition) is 5. The molecule has 3 heterocycles. The van der Waals surface area contributed by atoms with Crippen LogP contribution in [0.4, 0.5) is 34.8 Å². The molecule has 0 unspecified atom stereocenters. The summed E-state index contributed by atoms with van der Waals surface area (Å²) in [7, 11) is 0. The molecule has 0 fully saturated rings. The van der Waals surface area contributed by atoms with E-state index < -0.39 is 23.5 Å². The molecule has 7 nitrogen and oxygen atoms in total. The molecule has 5 rings (SSSR count). The summed E-state index contributed by atoms with van der Waals surface area (Å²) in [6.45, 7) is 0. The number of amides is 1. The van der Waals surface area contributed by atoms with E-state index in [1.807, 2.05) is 6.07 Å². The minimum Gasteiger partial charge on any atom is -0.346 e. The van der Waals surface area contributed by atoms with Crippen molar-refractivity contribution in [1.29, 1.82) is 0 Å². The number of rotatable bonds is 5. The van der Waals surface area contributed by atoms with Gasteiger partial charge in [-0.05, 0) is 54.6 Å². The van der Waals surface area contributed by atoms with Crippen LogP contribution < -0.4 is 10.6 Å². The predicted molar refractivity (Wildman–Crippen MR) is 126 cm³/mol. The van der Waals surface area contributed by atoms with Gasteiger partial charge < -0.3 is 15.6 Å². The van der Waals surface area contributed by atoms with Crippen molar-refractivity contribution in [1.82, 2.24) is 19.9 Å². The average Bonchev–Trinajstić information content (AvgIpc) is 3.33. The number of alkyl halides is 3. The molecule has 3 aromatic heterocycles. The van der Waals surface area contributed by atoms with Gasteiger partial charge in [0.2, 0.25) is 0 Å². The topological polar surface area (TPSA) is 95.6 Å². The number of pyridine rings is 1. The zero-order valence-electron chi connectivity index (χ0n) is 18.3. The third kappa shape index (κ3) is 4.71. The summed E-state index contributed by atoms with van der Waals surface area (Å²) in [5.74, 6) is -1.11. The SMILES string of the molecule is O=C(Nc1cc(F)cc(Nc2ncccc2-c2ncnc3[nH]ccc23)c1)c1cccc(C(F)(F)F)c1. The third-order valence-corrected chi connectivity index (χ3v) is 5.29. The van der Waals surface area contributed by atoms with Crippen LogP contribution in [0, 0.1) is 5.82 Å². The standard InChI is InChI=1S/C25H16F4N6O/c26-16-10-17(12-18(11-16)35-24(36)14-3-1-4-15(9-14)25(27,28)29)34-23-19(5-2-7-30-23)21-20-6-8-31-22(20)33-13-32-21/h1-13H,(H,30,34)(H,35,36)(H,31,32,33). The van der Waals surface area contributed by atoms with E-state index in [1.165, 1.54) is 24.5 Å². The summed E-state index contributed by atoms with van der Waals surface area (Å²) in [5, 5.41) is 6.23. The minimum atomic E-state index is -4.59. The van der Waals surface area contributed by atoms with E-state index in [9.17, 15) is 22.4 Å². The smallest absolute Gasteiger partial charge is 0.346 e. The number of nitrogens with one attached hydrogen (secondary N) is 3. The first-order valence-corrected chi connectivity index (χ1v) is 10.6. The lowest BCUT2D eigenvalue weighted by Crippen LogP contribution is -2.14. The van der Waals surface area contributed by atoms with Crippen molar-refractivity contribution in [3.8, 4) is 11.3 Å². The molecular formula is C25H16F4N6O. The highest BCUT2D eigenvalue weighted by Gasteiger charge is 2.31. The Labute approximate surface area is 201 Å². The van der Waals surface area contributed by atoms with Crippen molar-refractivity contribution in [3.63, 3.8) is 0 Å². The van der Waals surface area contributed by atoms with Crippen molar-refractivity contribution in [2.24, 2.45) is 0 Å². The molecule has 11 heteroatoms. The first kappa shape index (κ1) is 23.0. The fraction of sp³-hybridized carbons (Fsp3) is 0.0400. The zero-order chi connectivity index (χ0) is 25.3. The van der Waals surface area contributed by atoms with Crippen molar-refractivity contribution < 1.29 is 22.4 Å². The molecule has 1 amide bonds. The van der Waals surface area contributed by atoms with Gasteiger partial charge in [-0.25, -0.2) is 19.3 Å². The minimum absolute atomic E-state index is 0.0486. The van der Waals surface area contributed by atoms with Gasteiger partial charge in [-0.3, -0.25) is 4.79 Å². The molecular weight excluding hydrogens is 476 g/mol. The summed E-state index contributed by atoms with van der Waals surface area (Å²) in [6, 6.07) is 13.0. The molecule has 0 aliphatic rings. The van der Waals surface area contributed by atoms with Crippen molar-refractivity contribution >= 4 is 34.1 Å². The van der Waals surface area contributed by atoms with Gasteiger partial charge in [0, 0.05) is 40.3 Å². The van der Waals surface area contributed by atoms with Crippen LogP contribution in [0.3, 0.4) is 0 Å². The number of nitrogens with zero attached hydrogens (tertiary/aromatic N) is 3. The molecule has 5 aromatic rings. The van der Waals surface area contributed by atoms with Crippen LogP contribution in [0.1, 0.15) is 15.9 Å². The summed E-state index contributed by atoms with van der Waals surface area (Å²) in [4.78, 5) is 28.5. The Morgan fingerprint density at radius 2 is 1.75 bits per heavy atom. The Hall–Kier alpha value is -4.80. The van der Waals surface area contributed by atoms with E-state index in [2.05, 4.69) is 30.6 Å². The molecule has 0 atom stereocenters. The predicted octanol–water partition coefficient (Wildman–Crippen LogP) is 6.17. The fourth-order valence-corrected chi connectivity index (χ4v) is 3.69. The van der Waals surface area contributed by atoms with Gasteiger partial charge in [0.05, 0.1) is 11.3 Å². The molecule has 0 saturated heterocycles. The van der Waals surface area contributed by atoms with E-state index in [1.54, 1.807) is 24.5 Å². The quantitative estimate of drug-likeness (QED) is 0.255. The maximum Gasteiger partial charge on any atom is 0.416 e. The molecule has 0 aliphatic heterocycles. The summed E-state index contributed by atoms with van der Waals surface area (Å²) in [5.41, 5.74) is 1.01. The summed E-state index contributed by atoms with van der Waals surface area (Å²) < 4.78 is 53.4. The maximum absolute atomic E-state index is 14.4. The second-order valence-electron chi connectivity index (χ2n) is 7.75. The van der Waals surface area contributed by atoms with Crippen molar-refractivity contribution in [3.05, 3.63) is 96.3 Å². The van der Waals surface area contributed by atoms with E-state index in [4.69, 9.17) is 0 Å². The second kappa shape index (κ2) is 9.10. The van der Waals surface area contributed by atoms with Gasteiger partial charge in [-0.1, -0.05) is 6.07 Å². The van der Waals surface area contributed by atoms with Crippen LogP contribution in [0.25, 0.3) is 22.3 Å². The van der Waals surface area contributed by atoms with Crippen LogP contribution in [0.5, 0.6) is 0 Å². The van der Waals surface area contributed by atoms with Gasteiger partial charge >= 0.3 is 6.18 Å². The van der Waals surface area contributed by atoms with E-state index in [-0.39, 0.29) is 16.9 Å². The van der Waals surface area contributed by atoms with E-state index in [0.29, 0.717) is 22.7 Å². The number of H-pyrrole nitrogens is 1. The van der Waals surface area contributed by atoms with Gasteiger partial charge in [0.25, 0.3) is 5.91 Å².